The van der Waals surface area contributed by atoms with Crippen LogP contribution in [-0.4, -0.2) is 21.7 Å². The van der Waals surface area contributed by atoms with Gasteiger partial charge in [0.2, 0.25) is 0 Å². The number of hydrogen-bond acceptors (Lipinski definition) is 6. The summed E-state index contributed by atoms with van der Waals surface area (Å²) in [7, 11) is 0. The van der Waals surface area contributed by atoms with E-state index < -0.39 is 5.92 Å². The third-order valence-corrected chi connectivity index (χ3v) is 5.91. The smallest absolute Gasteiger partial charge is 0.255 e. The third kappa shape index (κ3) is 3.62. The first-order valence-corrected chi connectivity index (χ1v) is 10.5. The Morgan fingerprint density at radius 2 is 1.88 bits per heavy atom. The Balaban J connectivity index is 1.56. The predicted molar refractivity (Wildman–Crippen MR) is 118 cm³/mol. The average molecular weight is 426 g/mol. The van der Waals surface area contributed by atoms with Crippen molar-refractivity contribution in [3.63, 3.8) is 0 Å². The first kappa shape index (κ1) is 19.9. The van der Waals surface area contributed by atoms with Crippen LogP contribution in [0.4, 0.5) is 5.82 Å². The summed E-state index contributed by atoms with van der Waals surface area (Å²) < 4.78 is 5.57. The van der Waals surface area contributed by atoms with Gasteiger partial charge in [-0.2, -0.15) is 0 Å². The van der Waals surface area contributed by atoms with Gasteiger partial charge in [-0.05, 0) is 49.7 Å². The molecule has 5 rings (SSSR count). The summed E-state index contributed by atoms with van der Waals surface area (Å²) in [5, 5.41) is 6.20. The molecule has 7 heteroatoms. The molecule has 3 aromatic rings. The van der Waals surface area contributed by atoms with E-state index in [1.165, 1.54) is 0 Å². The highest BCUT2D eigenvalue weighted by Gasteiger charge is 2.42. The largest absolute Gasteiger partial charge is 0.469 e. The van der Waals surface area contributed by atoms with E-state index in [4.69, 9.17) is 4.42 Å². The minimum absolute atomic E-state index is 0.00793. The highest BCUT2D eigenvalue weighted by Crippen LogP contribution is 2.45. The van der Waals surface area contributed by atoms with Crippen LogP contribution < -0.4 is 10.6 Å². The second kappa shape index (κ2) is 8.26. The molecule has 7 nitrogen and oxygen atoms in total. The molecule has 0 fully saturated rings. The third-order valence-electron chi connectivity index (χ3n) is 5.91. The number of dihydropyridines is 1. The molecule has 2 unspecified atom stereocenters. The number of carbonyl (C=O) groups excluding carboxylic acids is 2. The second-order valence-corrected chi connectivity index (χ2v) is 7.96. The van der Waals surface area contributed by atoms with E-state index in [0.717, 1.165) is 11.5 Å². The van der Waals surface area contributed by atoms with E-state index >= 15 is 0 Å². The average Bonchev–Trinajstić information content (AvgIpc) is 3.34. The van der Waals surface area contributed by atoms with Crippen molar-refractivity contribution in [2.45, 2.75) is 31.6 Å². The number of hydrogen-bond donors (Lipinski definition) is 2. The van der Waals surface area contributed by atoms with Crippen LogP contribution in [0.2, 0.25) is 0 Å². The molecular weight excluding hydrogens is 404 g/mol. The fraction of sp³-hybridized carbons (Fsp3) is 0.200. The summed E-state index contributed by atoms with van der Waals surface area (Å²) >= 11 is 0. The zero-order valence-corrected chi connectivity index (χ0v) is 17.5. The van der Waals surface area contributed by atoms with E-state index in [1.807, 2.05) is 37.3 Å². The predicted octanol–water partition coefficient (Wildman–Crippen LogP) is 4.07. The first-order valence-electron chi connectivity index (χ1n) is 10.5. The van der Waals surface area contributed by atoms with Crippen LogP contribution in [-0.2, 0) is 9.59 Å². The number of aromatic nitrogens is 2. The van der Waals surface area contributed by atoms with Gasteiger partial charge in [0.15, 0.2) is 5.78 Å². The maximum atomic E-state index is 13.4. The second-order valence-electron chi connectivity index (χ2n) is 7.96. The van der Waals surface area contributed by atoms with E-state index in [-0.39, 0.29) is 17.6 Å². The molecule has 0 saturated heterocycles. The van der Waals surface area contributed by atoms with Crippen molar-refractivity contribution in [3.05, 3.63) is 101 Å². The Labute approximate surface area is 185 Å². The summed E-state index contributed by atoms with van der Waals surface area (Å²) in [4.78, 5) is 35.5. The first-order chi connectivity index (χ1) is 15.6. The van der Waals surface area contributed by atoms with E-state index in [1.54, 1.807) is 36.9 Å². The molecule has 1 aliphatic carbocycles. The van der Waals surface area contributed by atoms with Crippen LogP contribution >= 0.6 is 0 Å². The quantitative estimate of drug-likeness (QED) is 0.653. The molecule has 3 aromatic heterocycles. The van der Waals surface area contributed by atoms with Crippen LogP contribution in [0.5, 0.6) is 0 Å². The van der Waals surface area contributed by atoms with Crippen molar-refractivity contribution < 1.29 is 14.0 Å². The Hall–Kier alpha value is -4.00. The highest BCUT2D eigenvalue weighted by atomic mass is 16.3. The molecule has 2 atom stereocenters. The maximum absolute atomic E-state index is 13.4. The number of furan rings is 1. The number of pyridine rings is 2. The van der Waals surface area contributed by atoms with Crippen LogP contribution in [0.1, 0.15) is 43.1 Å². The molecule has 2 N–H and O–H groups in total. The molecule has 160 valence electrons. The molecule has 4 heterocycles. The van der Waals surface area contributed by atoms with E-state index in [9.17, 15) is 9.59 Å². The molecule has 2 aliphatic rings. The maximum Gasteiger partial charge on any atom is 0.255 e. The zero-order valence-electron chi connectivity index (χ0n) is 17.5. The number of amides is 1. The fourth-order valence-electron chi connectivity index (χ4n) is 4.53. The molecule has 1 aliphatic heterocycles. The Morgan fingerprint density at radius 1 is 1.06 bits per heavy atom. The number of Topliss-reactive ketones (excluding diaryl/α,β-unsaturated/α-hetero) is 1. The van der Waals surface area contributed by atoms with Crippen LogP contribution in [0.25, 0.3) is 0 Å². The standard InChI is InChI=1S/C25H22N4O3/c1-15-22(25(31)29-21-9-3-5-11-27-21)24(17-7-2-4-10-26-17)23-18(28-15)13-16(14-19(23)30)20-8-6-12-32-20/h2-12,16,24,28H,13-14H2,1H3,(H,27,29,31). The minimum atomic E-state index is -0.554. The monoisotopic (exact) mass is 426 g/mol. The molecule has 0 radical (unpaired) electrons. The number of allylic oxidation sites excluding steroid dienone is 3. The normalized spacial score (nSPS) is 20.6. The molecule has 0 bridgehead atoms. The van der Waals surface area contributed by atoms with Gasteiger partial charge in [0, 0.05) is 47.3 Å². The Bertz CT molecular complexity index is 1210. The summed E-state index contributed by atoms with van der Waals surface area (Å²) in [5.74, 6) is 0.334. The minimum Gasteiger partial charge on any atom is -0.469 e. The van der Waals surface area contributed by atoms with Gasteiger partial charge in [-0.1, -0.05) is 12.1 Å². The number of ketones is 1. The lowest BCUT2D eigenvalue weighted by Crippen LogP contribution is -2.37. The van der Waals surface area contributed by atoms with E-state index in [2.05, 4.69) is 20.6 Å². The molecule has 0 saturated carbocycles. The number of nitrogens with zero attached hydrogens (tertiary/aromatic N) is 2. The van der Waals surface area contributed by atoms with Gasteiger partial charge in [-0.15, -0.1) is 0 Å². The Morgan fingerprint density at radius 3 is 2.56 bits per heavy atom. The molecule has 32 heavy (non-hydrogen) atoms. The molecule has 1 amide bonds. The summed E-state index contributed by atoms with van der Waals surface area (Å²) in [5.41, 5.74) is 3.25. The van der Waals surface area contributed by atoms with Crippen molar-refractivity contribution in [3.8, 4) is 0 Å². The Kier molecular flexibility index (Phi) is 5.15. The number of rotatable bonds is 4. The van der Waals surface area contributed by atoms with Crippen molar-refractivity contribution in [1.29, 1.82) is 0 Å². The molecule has 0 spiro atoms. The van der Waals surface area contributed by atoms with Gasteiger partial charge in [0.1, 0.15) is 11.6 Å². The van der Waals surface area contributed by atoms with Crippen molar-refractivity contribution >= 4 is 17.5 Å². The topological polar surface area (TPSA) is 97.1 Å². The SMILES string of the molecule is CC1=C(C(=O)Nc2ccccn2)C(c2ccccn2)C2=C(CC(c3ccco3)CC2=O)N1. The lowest BCUT2D eigenvalue weighted by molar-refractivity contribution is -0.116. The van der Waals surface area contributed by atoms with Gasteiger partial charge in [0.25, 0.3) is 5.91 Å². The summed E-state index contributed by atoms with van der Waals surface area (Å²) in [6, 6.07) is 14.6. The van der Waals surface area contributed by atoms with Gasteiger partial charge < -0.3 is 15.1 Å². The van der Waals surface area contributed by atoms with Gasteiger partial charge >= 0.3 is 0 Å². The van der Waals surface area contributed by atoms with Crippen LogP contribution in [0.3, 0.4) is 0 Å². The van der Waals surface area contributed by atoms with Crippen molar-refractivity contribution in [1.82, 2.24) is 15.3 Å². The van der Waals surface area contributed by atoms with Gasteiger partial charge in [0.05, 0.1) is 17.9 Å². The lowest BCUT2D eigenvalue weighted by Gasteiger charge is -2.36. The lowest BCUT2D eigenvalue weighted by atomic mass is 9.73. The molecular formula is C25H22N4O3. The van der Waals surface area contributed by atoms with E-state index in [0.29, 0.717) is 41.2 Å². The van der Waals surface area contributed by atoms with Crippen molar-refractivity contribution in [2.75, 3.05) is 5.32 Å². The number of anilines is 1. The van der Waals surface area contributed by atoms with Crippen LogP contribution in [0, 0.1) is 0 Å². The van der Waals surface area contributed by atoms with Gasteiger partial charge in [-0.25, -0.2) is 4.98 Å². The zero-order chi connectivity index (χ0) is 22.1. The van der Waals surface area contributed by atoms with Crippen LogP contribution in [0.15, 0.2) is 94.1 Å². The molecule has 0 aromatic carbocycles. The number of nitrogens with one attached hydrogen (secondary N) is 2. The van der Waals surface area contributed by atoms with Gasteiger partial charge in [-0.3, -0.25) is 14.6 Å². The number of carbonyl (C=O) groups is 2. The van der Waals surface area contributed by atoms with Crippen molar-refractivity contribution in [2.24, 2.45) is 0 Å². The fourth-order valence-corrected chi connectivity index (χ4v) is 4.53. The summed E-state index contributed by atoms with van der Waals surface area (Å²) in [6.07, 6.45) is 5.88. The highest BCUT2D eigenvalue weighted by molar-refractivity contribution is 6.09. The summed E-state index contributed by atoms with van der Waals surface area (Å²) in [6.45, 7) is 1.86.